The van der Waals surface area contributed by atoms with Gasteiger partial charge in [-0.2, -0.15) is 0 Å². The largest absolute Gasteiger partial charge is 0.444 e. The molecule has 2 amide bonds. The van der Waals surface area contributed by atoms with E-state index in [2.05, 4.69) is 5.32 Å². The first-order valence-electron chi connectivity index (χ1n) is 9.82. The van der Waals surface area contributed by atoms with Gasteiger partial charge in [0.15, 0.2) is 0 Å². The lowest BCUT2D eigenvalue weighted by atomic mass is 9.98. The minimum absolute atomic E-state index is 0.0777. The highest BCUT2D eigenvalue weighted by Crippen LogP contribution is 2.25. The molecule has 1 fully saturated rings. The minimum Gasteiger partial charge on any atom is -0.444 e. The summed E-state index contributed by atoms with van der Waals surface area (Å²) in [5, 5.41) is 13.2. The van der Waals surface area contributed by atoms with Crippen molar-refractivity contribution in [1.29, 1.82) is 0 Å². The van der Waals surface area contributed by atoms with Gasteiger partial charge < -0.3 is 15.2 Å². The molecule has 2 aromatic carbocycles. The van der Waals surface area contributed by atoms with Crippen molar-refractivity contribution in [3.8, 4) is 0 Å². The molecule has 0 spiro atoms. The molecule has 2 aromatic rings. The van der Waals surface area contributed by atoms with Crippen LogP contribution >= 0.6 is 0 Å². The number of benzene rings is 2. The minimum atomic E-state index is -0.783. The zero-order valence-corrected chi connectivity index (χ0v) is 17.0. The number of aliphatic hydroxyl groups excluding tert-OH is 1. The fraction of sp³-hybridized carbons (Fsp3) is 0.391. The first-order chi connectivity index (χ1) is 13.7. The lowest BCUT2D eigenvalue weighted by Crippen LogP contribution is -2.48. The molecule has 1 aliphatic rings. The molecule has 0 aliphatic carbocycles. The molecule has 0 saturated carbocycles. The second-order valence-corrected chi connectivity index (χ2v) is 8.30. The van der Waals surface area contributed by atoms with Crippen molar-refractivity contribution in [2.75, 3.05) is 6.54 Å². The van der Waals surface area contributed by atoms with E-state index in [1.807, 2.05) is 60.7 Å². The van der Waals surface area contributed by atoms with Crippen LogP contribution in [0.15, 0.2) is 60.7 Å². The third-order valence-electron chi connectivity index (χ3n) is 4.76. The van der Waals surface area contributed by atoms with Crippen LogP contribution in [0, 0.1) is 0 Å². The zero-order valence-electron chi connectivity index (χ0n) is 17.0. The summed E-state index contributed by atoms with van der Waals surface area (Å²) in [6.07, 6.45) is -1.17. The van der Waals surface area contributed by atoms with Crippen LogP contribution in [0.2, 0.25) is 0 Å². The molecule has 2 N–H and O–H groups in total. The van der Waals surface area contributed by atoms with Crippen LogP contribution in [0.25, 0.3) is 0 Å². The summed E-state index contributed by atoms with van der Waals surface area (Å²) in [6, 6.07) is 18.2. The van der Waals surface area contributed by atoms with E-state index in [-0.39, 0.29) is 24.9 Å². The summed E-state index contributed by atoms with van der Waals surface area (Å²) in [5.74, 6) is -0.315. The number of β-amino-alcohol motifs (C(OH)–C–C–N with tert-alkyl or cyclic N) is 1. The number of rotatable bonds is 4. The molecule has 2 atom stereocenters. The molecule has 1 saturated heterocycles. The van der Waals surface area contributed by atoms with Gasteiger partial charge in [-0.3, -0.25) is 9.69 Å². The molecular weight excluding hydrogens is 368 g/mol. The Balaban J connectivity index is 1.82. The normalized spacial score (nSPS) is 19.3. The maximum absolute atomic E-state index is 13.2. The maximum atomic E-state index is 13.2. The molecular formula is C23H28N2O4. The number of hydrogen-bond donors (Lipinski definition) is 2. The Bertz CT molecular complexity index is 793. The van der Waals surface area contributed by atoms with Crippen molar-refractivity contribution in [3.05, 3.63) is 71.8 Å². The Morgan fingerprint density at radius 1 is 1.03 bits per heavy atom. The van der Waals surface area contributed by atoms with Crippen LogP contribution in [0.5, 0.6) is 0 Å². The Kier molecular flexibility index (Phi) is 6.23. The van der Waals surface area contributed by atoms with E-state index >= 15 is 0 Å². The molecule has 0 radical (unpaired) electrons. The molecule has 1 aliphatic heterocycles. The topological polar surface area (TPSA) is 78.9 Å². The molecule has 6 nitrogen and oxygen atoms in total. The molecule has 0 bridgehead atoms. The number of nitrogens with one attached hydrogen (secondary N) is 1. The molecule has 0 unspecified atom stereocenters. The quantitative estimate of drug-likeness (QED) is 0.831. The van der Waals surface area contributed by atoms with Gasteiger partial charge in [-0.15, -0.1) is 0 Å². The molecule has 29 heavy (non-hydrogen) atoms. The zero-order chi connectivity index (χ0) is 21.0. The van der Waals surface area contributed by atoms with Crippen LogP contribution in [0.3, 0.4) is 0 Å². The molecule has 3 rings (SSSR count). The number of amides is 2. The number of nitrogens with zero attached hydrogens (tertiary/aromatic N) is 1. The monoisotopic (exact) mass is 396 g/mol. The third kappa shape index (κ3) is 5.35. The lowest BCUT2D eigenvalue weighted by Gasteiger charge is -2.29. The Morgan fingerprint density at radius 3 is 2.03 bits per heavy atom. The van der Waals surface area contributed by atoms with Gasteiger partial charge in [0.2, 0.25) is 5.91 Å². The Morgan fingerprint density at radius 2 is 1.55 bits per heavy atom. The fourth-order valence-corrected chi connectivity index (χ4v) is 3.47. The highest BCUT2D eigenvalue weighted by Gasteiger charge is 2.41. The van der Waals surface area contributed by atoms with Gasteiger partial charge in [-0.05, 0) is 31.9 Å². The lowest BCUT2D eigenvalue weighted by molar-refractivity contribution is -0.126. The van der Waals surface area contributed by atoms with E-state index in [4.69, 9.17) is 4.74 Å². The van der Waals surface area contributed by atoms with Gasteiger partial charge in [0.1, 0.15) is 11.6 Å². The first-order valence-corrected chi connectivity index (χ1v) is 9.82. The van der Waals surface area contributed by atoms with Gasteiger partial charge >= 0.3 is 6.09 Å². The number of carbonyl (C=O) groups is 2. The summed E-state index contributed by atoms with van der Waals surface area (Å²) in [5.41, 5.74) is 1.20. The van der Waals surface area contributed by atoms with Crippen LogP contribution in [-0.2, 0) is 9.53 Å². The SMILES string of the molecule is CC(C)(C)OC(=O)N1C[C@H](O)C[C@@H]1C(=O)NC(c1ccccc1)c1ccccc1. The number of carbonyl (C=O) groups excluding carboxylic acids is 2. The molecule has 1 heterocycles. The van der Waals surface area contributed by atoms with E-state index < -0.39 is 23.8 Å². The highest BCUT2D eigenvalue weighted by atomic mass is 16.6. The average molecular weight is 396 g/mol. The van der Waals surface area contributed by atoms with Gasteiger partial charge in [0.25, 0.3) is 0 Å². The van der Waals surface area contributed by atoms with Crippen molar-refractivity contribution in [1.82, 2.24) is 10.2 Å². The number of aliphatic hydroxyl groups is 1. The highest BCUT2D eigenvalue weighted by molar-refractivity contribution is 5.87. The van der Waals surface area contributed by atoms with Crippen LogP contribution < -0.4 is 5.32 Å². The van der Waals surface area contributed by atoms with Crippen LogP contribution in [0.1, 0.15) is 44.4 Å². The van der Waals surface area contributed by atoms with Gasteiger partial charge in [-0.1, -0.05) is 60.7 Å². The standard InChI is InChI=1S/C23H28N2O4/c1-23(2,3)29-22(28)25-15-18(26)14-19(25)21(27)24-20(16-10-6-4-7-11-16)17-12-8-5-9-13-17/h4-13,18-20,26H,14-15H2,1-3H3,(H,24,27)/t18-,19-/m1/s1. The Hall–Kier alpha value is -2.86. The summed E-state index contributed by atoms with van der Waals surface area (Å²) in [4.78, 5) is 27.0. The van der Waals surface area contributed by atoms with Gasteiger partial charge in [0, 0.05) is 6.42 Å². The second kappa shape index (κ2) is 8.66. The molecule has 6 heteroatoms. The fourth-order valence-electron chi connectivity index (χ4n) is 3.47. The third-order valence-corrected chi connectivity index (χ3v) is 4.76. The van der Waals surface area contributed by atoms with E-state index in [0.29, 0.717) is 0 Å². The van der Waals surface area contributed by atoms with E-state index in [1.54, 1.807) is 20.8 Å². The van der Waals surface area contributed by atoms with E-state index in [9.17, 15) is 14.7 Å². The maximum Gasteiger partial charge on any atom is 0.411 e. The first kappa shape index (κ1) is 20.9. The predicted molar refractivity (Wildman–Crippen MR) is 110 cm³/mol. The van der Waals surface area contributed by atoms with Crippen LogP contribution in [-0.4, -0.2) is 46.3 Å². The van der Waals surface area contributed by atoms with E-state index in [0.717, 1.165) is 11.1 Å². The summed E-state index contributed by atoms with van der Waals surface area (Å²) < 4.78 is 5.42. The van der Waals surface area contributed by atoms with Crippen molar-refractivity contribution in [2.45, 2.75) is 51.0 Å². The smallest absolute Gasteiger partial charge is 0.411 e. The van der Waals surface area contributed by atoms with Crippen molar-refractivity contribution in [2.24, 2.45) is 0 Å². The van der Waals surface area contributed by atoms with Gasteiger partial charge in [0.05, 0.1) is 18.7 Å². The number of likely N-dealkylation sites (tertiary alicyclic amines) is 1. The van der Waals surface area contributed by atoms with E-state index in [1.165, 1.54) is 4.90 Å². The van der Waals surface area contributed by atoms with Crippen molar-refractivity contribution in [3.63, 3.8) is 0 Å². The predicted octanol–water partition coefficient (Wildman–Crippen LogP) is 3.26. The molecule has 0 aromatic heterocycles. The van der Waals surface area contributed by atoms with Gasteiger partial charge in [-0.25, -0.2) is 4.79 Å². The number of hydrogen-bond acceptors (Lipinski definition) is 4. The Labute approximate surface area is 171 Å². The summed E-state index contributed by atoms with van der Waals surface area (Å²) in [6.45, 7) is 5.39. The van der Waals surface area contributed by atoms with Crippen molar-refractivity contribution < 1.29 is 19.4 Å². The van der Waals surface area contributed by atoms with Crippen LogP contribution in [0.4, 0.5) is 4.79 Å². The molecule has 154 valence electrons. The van der Waals surface area contributed by atoms with Crippen molar-refractivity contribution >= 4 is 12.0 Å². The average Bonchev–Trinajstić information content (AvgIpc) is 3.08. The summed E-state index contributed by atoms with van der Waals surface area (Å²) in [7, 11) is 0. The second-order valence-electron chi connectivity index (χ2n) is 8.30. The number of ether oxygens (including phenoxy) is 1. The summed E-state index contributed by atoms with van der Waals surface area (Å²) >= 11 is 0.